The second kappa shape index (κ2) is 4.40. The summed E-state index contributed by atoms with van der Waals surface area (Å²) in [7, 11) is 3.41. The van der Waals surface area contributed by atoms with E-state index in [1.54, 1.807) is 14.1 Å². The first kappa shape index (κ1) is 11.4. The maximum absolute atomic E-state index is 11.5. The topological polar surface area (TPSA) is 46.3 Å². The Morgan fingerprint density at radius 3 is 1.92 bits per heavy atom. The quantitative estimate of drug-likeness (QED) is 0.661. The minimum absolute atomic E-state index is 0.0162. The smallest absolute Gasteiger partial charge is 0.232 e. The summed E-state index contributed by atoms with van der Waals surface area (Å²) < 4.78 is 0. The van der Waals surface area contributed by atoms with Gasteiger partial charge >= 0.3 is 0 Å². The molecular weight excluding hydrogens is 172 g/mol. The van der Waals surface area contributed by atoms with Crippen LogP contribution in [-0.4, -0.2) is 29.9 Å². The van der Waals surface area contributed by atoms with Crippen molar-refractivity contribution in [3.8, 4) is 0 Å². The SMILES string of the molecule is CC(C)C(C(=O)N(C)C)C(N)=S. The maximum atomic E-state index is 11.5. The lowest BCUT2D eigenvalue weighted by Crippen LogP contribution is -2.40. The molecule has 0 aromatic heterocycles. The van der Waals surface area contributed by atoms with Gasteiger partial charge in [0.2, 0.25) is 5.91 Å². The zero-order valence-electron chi connectivity index (χ0n) is 8.00. The molecule has 0 aliphatic heterocycles. The maximum Gasteiger partial charge on any atom is 0.232 e. The van der Waals surface area contributed by atoms with E-state index in [1.807, 2.05) is 13.8 Å². The van der Waals surface area contributed by atoms with Crippen LogP contribution in [0.25, 0.3) is 0 Å². The molecule has 0 heterocycles. The van der Waals surface area contributed by atoms with E-state index in [4.69, 9.17) is 18.0 Å². The van der Waals surface area contributed by atoms with Crippen molar-refractivity contribution in [1.29, 1.82) is 0 Å². The fourth-order valence-electron chi connectivity index (χ4n) is 1.01. The lowest BCUT2D eigenvalue weighted by Gasteiger charge is -2.22. The molecule has 1 unspecified atom stereocenters. The monoisotopic (exact) mass is 188 g/mol. The van der Waals surface area contributed by atoms with Crippen LogP contribution >= 0.6 is 12.2 Å². The Morgan fingerprint density at radius 2 is 1.83 bits per heavy atom. The molecule has 2 N–H and O–H groups in total. The van der Waals surface area contributed by atoms with Crippen LogP contribution in [0.3, 0.4) is 0 Å². The summed E-state index contributed by atoms with van der Waals surface area (Å²) in [6.07, 6.45) is 0. The number of rotatable bonds is 3. The van der Waals surface area contributed by atoms with Gasteiger partial charge in [-0.3, -0.25) is 4.79 Å². The Bertz CT molecular complexity index is 189. The molecule has 12 heavy (non-hydrogen) atoms. The molecule has 0 saturated carbocycles. The summed E-state index contributed by atoms with van der Waals surface area (Å²) in [5.41, 5.74) is 5.46. The van der Waals surface area contributed by atoms with Gasteiger partial charge in [-0.15, -0.1) is 0 Å². The average molecular weight is 188 g/mol. The third-order valence-electron chi connectivity index (χ3n) is 1.68. The molecular formula is C8H16N2OS. The van der Waals surface area contributed by atoms with Crippen LogP contribution < -0.4 is 5.73 Å². The molecule has 0 radical (unpaired) electrons. The van der Waals surface area contributed by atoms with Crippen LogP contribution in [0.1, 0.15) is 13.8 Å². The Kier molecular flexibility index (Phi) is 4.17. The molecule has 1 atom stereocenters. The predicted molar refractivity (Wildman–Crippen MR) is 53.8 cm³/mol. The van der Waals surface area contributed by atoms with Gasteiger partial charge in [-0.05, 0) is 5.92 Å². The van der Waals surface area contributed by atoms with Gasteiger partial charge in [-0.25, -0.2) is 0 Å². The number of carbonyl (C=O) groups is 1. The van der Waals surface area contributed by atoms with Crippen molar-refractivity contribution in [1.82, 2.24) is 4.90 Å². The molecule has 0 fully saturated rings. The zero-order valence-corrected chi connectivity index (χ0v) is 8.81. The van der Waals surface area contributed by atoms with Crippen LogP contribution in [-0.2, 0) is 4.79 Å². The first-order valence-corrected chi connectivity index (χ1v) is 4.29. The van der Waals surface area contributed by atoms with Crippen LogP contribution in [0.15, 0.2) is 0 Å². The average Bonchev–Trinajstić information content (AvgIpc) is 1.85. The van der Waals surface area contributed by atoms with Crippen LogP contribution in [0.5, 0.6) is 0 Å². The van der Waals surface area contributed by atoms with Crippen LogP contribution in [0.4, 0.5) is 0 Å². The second-order valence-corrected chi connectivity index (χ2v) is 3.83. The number of hydrogen-bond donors (Lipinski definition) is 1. The Labute approximate surface area is 78.9 Å². The van der Waals surface area contributed by atoms with Gasteiger partial charge in [0.05, 0.1) is 10.9 Å². The van der Waals surface area contributed by atoms with Gasteiger partial charge in [0, 0.05) is 14.1 Å². The standard InChI is InChI=1S/C8H16N2OS/c1-5(2)6(7(9)12)8(11)10(3)4/h5-6H,1-4H3,(H2,9,12). The molecule has 0 bridgehead atoms. The van der Waals surface area contributed by atoms with Gasteiger partial charge in [-0.1, -0.05) is 26.1 Å². The van der Waals surface area contributed by atoms with E-state index in [1.165, 1.54) is 4.90 Å². The molecule has 0 rings (SSSR count). The van der Waals surface area contributed by atoms with E-state index in [0.717, 1.165) is 0 Å². The third-order valence-corrected chi connectivity index (χ3v) is 1.93. The number of nitrogens with two attached hydrogens (primary N) is 1. The normalized spacial score (nSPS) is 12.8. The Balaban J connectivity index is 4.52. The summed E-state index contributed by atoms with van der Waals surface area (Å²) in [4.78, 5) is 13.3. The van der Waals surface area contributed by atoms with E-state index in [2.05, 4.69) is 0 Å². The molecule has 3 nitrogen and oxygen atoms in total. The van der Waals surface area contributed by atoms with Crippen molar-refractivity contribution in [2.24, 2.45) is 17.6 Å². The number of thiocarbonyl (C=S) groups is 1. The lowest BCUT2D eigenvalue weighted by atomic mass is 9.94. The van der Waals surface area contributed by atoms with Gasteiger partial charge < -0.3 is 10.6 Å². The molecule has 0 saturated heterocycles. The first-order valence-electron chi connectivity index (χ1n) is 3.88. The highest BCUT2D eigenvalue weighted by molar-refractivity contribution is 7.80. The van der Waals surface area contributed by atoms with Crippen molar-refractivity contribution >= 4 is 23.1 Å². The van der Waals surface area contributed by atoms with E-state index in [-0.39, 0.29) is 22.7 Å². The number of nitrogens with zero attached hydrogens (tertiary/aromatic N) is 1. The van der Waals surface area contributed by atoms with Gasteiger partial charge in [0.1, 0.15) is 0 Å². The second-order valence-electron chi connectivity index (χ2n) is 3.36. The third kappa shape index (κ3) is 2.77. The summed E-state index contributed by atoms with van der Waals surface area (Å²) in [6, 6.07) is 0. The lowest BCUT2D eigenvalue weighted by molar-refractivity contribution is -0.131. The highest BCUT2D eigenvalue weighted by Gasteiger charge is 2.25. The largest absolute Gasteiger partial charge is 0.393 e. The fraction of sp³-hybridized carbons (Fsp3) is 0.750. The van der Waals surface area contributed by atoms with Gasteiger partial charge in [-0.2, -0.15) is 0 Å². The fourth-order valence-corrected chi connectivity index (χ4v) is 1.39. The summed E-state index contributed by atoms with van der Waals surface area (Å²) in [5.74, 6) is -0.176. The van der Waals surface area contributed by atoms with Crippen LogP contribution in [0.2, 0.25) is 0 Å². The summed E-state index contributed by atoms with van der Waals surface area (Å²) in [5, 5.41) is 0. The van der Waals surface area contributed by atoms with Gasteiger partial charge in [0.15, 0.2) is 0 Å². The molecule has 4 heteroatoms. The molecule has 0 aliphatic carbocycles. The summed E-state index contributed by atoms with van der Waals surface area (Å²) in [6.45, 7) is 3.87. The Morgan fingerprint density at radius 1 is 1.42 bits per heavy atom. The summed E-state index contributed by atoms with van der Waals surface area (Å²) >= 11 is 4.82. The predicted octanol–water partition coefficient (Wildman–Crippen LogP) is 0.633. The van der Waals surface area contributed by atoms with E-state index in [9.17, 15) is 4.79 Å². The zero-order chi connectivity index (χ0) is 9.89. The van der Waals surface area contributed by atoms with E-state index >= 15 is 0 Å². The highest BCUT2D eigenvalue weighted by atomic mass is 32.1. The Hall–Kier alpha value is -0.640. The van der Waals surface area contributed by atoms with Crippen molar-refractivity contribution in [2.75, 3.05) is 14.1 Å². The molecule has 70 valence electrons. The molecule has 0 aliphatic rings. The molecule has 0 aromatic carbocycles. The minimum atomic E-state index is -0.324. The van der Waals surface area contributed by atoms with Crippen molar-refractivity contribution < 1.29 is 4.79 Å². The highest BCUT2D eigenvalue weighted by Crippen LogP contribution is 2.13. The van der Waals surface area contributed by atoms with Gasteiger partial charge in [0.25, 0.3) is 0 Å². The van der Waals surface area contributed by atoms with E-state index < -0.39 is 0 Å². The number of hydrogen-bond acceptors (Lipinski definition) is 2. The van der Waals surface area contributed by atoms with Crippen molar-refractivity contribution in [2.45, 2.75) is 13.8 Å². The van der Waals surface area contributed by atoms with Crippen molar-refractivity contribution in [3.63, 3.8) is 0 Å². The molecule has 0 spiro atoms. The first-order chi connectivity index (χ1) is 5.37. The number of amides is 1. The van der Waals surface area contributed by atoms with Crippen molar-refractivity contribution in [3.05, 3.63) is 0 Å². The van der Waals surface area contributed by atoms with Crippen LogP contribution in [0, 0.1) is 11.8 Å². The minimum Gasteiger partial charge on any atom is -0.393 e. The molecule has 0 aromatic rings. The van der Waals surface area contributed by atoms with E-state index in [0.29, 0.717) is 0 Å². The number of carbonyl (C=O) groups excluding carboxylic acids is 1. The molecule has 1 amide bonds.